The molecule has 198 valence electrons. The molecule has 2 aromatic carbocycles. The van der Waals surface area contributed by atoms with Crippen molar-refractivity contribution < 1.29 is 43.7 Å². The number of carboxylic acid groups (broad SMARTS) is 2. The Labute approximate surface area is 213 Å². The molecule has 1 atom stereocenters. The van der Waals surface area contributed by atoms with E-state index in [0.717, 1.165) is 10.5 Å². The molecule has 0 unspecified atom stereocenters. The van der Waals surface area contributed by atoms with E-state index in [-0.39, 0.29) is 26.1 Å². The number of nitrogens with zero attached hydrogens (tertiary/aromatic N) is 1. The van der Waals surface area contributed by atoms with Crippen LogP contribution >= 0.6 is 0 Å². The highest BCUT2D eigenvalue weighted by molar-refractivity contribution is 5.89. The van der Waals surface area contributed by atoms with Crippen molar-refractivity contribution in [3.05, 3.63) is 65.7 Å². The van der Waals surface area contributed by atoms with Crippen molar-refractivity contribution in [3.8, 4) is 0 Å². The molecule has 0 aromatic heterocycles. The maximum Gasteiger partial charge on any atom is 0.411 e. The molecule has 0 radical (unpaired) electrons. The fourth-order valence-corrected chi connectivity index (χ4v) is 3.19. The summed E-state index contributed by atoms with van der Waals surface area (Å²) in [5.74, 6) is -4.06. The lowest BCUT2D eigenvalue weighted by Crippen LogP contribution is -2.49. The number of methoxy groups -OCH3 is 1. The van der Waals surface area contributed by atoms with Crippen molar-refractivity contribution in [1.82, 2.24) is 10.2 Å². The Morgan fingerprint density at radius 1 is 0.919 bits per heavy atom. The molecule has 2 aromatic rings. The molecule has 0 aliphatic heterocycles. The Hall–Kier alpha value is -4.45. The summed E-state index contributed by atoms with van der Waals surface area (Å²) in [5, 5.41) is 23.4. The molecule has 0 aliphatic rings. The van der Waals surface area contributed by atoms with Crippen LogP contribution in [0.2, 0.25) is 0 Å². The van der Waals surface area contributed by atoms with Gasteiger partial charge in [-0.15, -0.1) is 0 Å². The zero-order valence-corrected chi connectivity index (χ0v) is 20.2. The van der Waals surface area contributed by atoms with E-state index < -0.39 is 49.0 Å². The summed E-state index contributed by atoms with van der Waals surface area (Å²) in [7, 11) is 1.37. The lowest BCUT2D eigenvalue weighted by molar-refractivity contribution is -0.147. The summed E-state index contributed by atoms with van der Waals surface area (Å²) in [5.41, 5.74) is 1.81. The first kappa shape index (κ1) is 28.8. The summed E-state index contributed by atoms with van der Waals surface area (Å²) in [4.78, 5) is 60.1. The van der Waals surface area contributed by atoms with E-state index in [1.54, 1.807) is 24.3 Å². The second kappa shape index (κ2) is 14.8. The third-order valence-corrected chi connectivity index (χ3v) is 5.02. The van der Waals surface area contributed by atoms with Crippen LogP contribution < -0.4 is 10.6 Å². The zero-order chi connectivity index (χ0) is 27.2. The van der Waals surface area contributed by atoms with Gasteiger partial charge >= 0.3 is 18.0 Å². The van der Waals surface area contributed by atoms with Gasteiger partial charge in [-0.1, -0.05) is 42.5 Å². The van der Waals surface area contributed by atoms with Crippen molar-refractivity contribution in [3.63, 3.8) is 0 Å². The number of carboxylic acids is 2. The smallest absolute Gasteiger partial charge is 0.411 e. The number of rotatable bonds is 14. The number of nitrogens with one attached hydrogen (secondary N) is 2. The highest BCUT2D eigenvalue weighted by atomic mass is 16.5. The van der Waals surface area contributed by atoms with Crippen LogP contribution in [0.1, 0.15) is 17.5 Å². The minimum absolute atomic E-state index is 0.0456. The van der Waals surface area contributed by atoms with Crippen LogP contribution in [0.3, 0.4) is 0 Å². The summed E-state index contributed by atoms with van der Waals surface area (Å²) >= 11 is 0. The number of ether oxygens (including phenoxy) is 2. The van der Waals surface area contributed by atoms with Gasteiger partial charge in [0, 0.05) is 19.2 Å². The van der Waals surface area contributed by atoms with Crippen LogP contribution in [0.5, 0.6) is 0 Å². The van der Waals surface area contributed by atoms with Gasteiger partial charge in [0.2, 0.25) is 11.8 Å². The van der Waals surface area contributed by atoms with Crippen LogP contribution in [0, 0.1) is 0 Å². The van der Waals surface area contributed by atoms with Crippen LogP contribution in [0.4, 0.5) is 10.5 Å². The number of aliphatic carboxylic acids is 2. The van der Waals surface area contributed by atoms with E-state index >= 15 is 0 Å². The van der Waals surface area contributed by atoms with E-state index in [0.29, 0.717) is 11.3 Å². The van der Waals surface area contributed by atoms with Crippen LogP contribution in [-0.2, 0) is 41.7 Å². The predicted molar refractivity (Wildman–Crippen MR) is 131 cm³/mol. The van der Waals surface area contributed by atoms with Gasteiger partial charge in [0.15, 0.2) is 0 Å². The molecule has 0 aliphatic carbocycles. The summed E-state index contributed by atoms with van der Waals surface area (Å²) in [6.45, 7) is -1.18. The molecule has 3 amide bonds. The molecule has 4 N–H and O–H groups in total. The van der Waals surface area contributed by atoms with Gasteiger partial charge in [-0.25, -0.2) is 9.59 Å². The van der Waals surface area contributed by atoms with Gasteiger partial charge in [0.1, 0.15) is 25.7 Å². The van der Waals surface area contributed by atoms with Crippen molar-refractivity contribution >= 4 is 35.5 Å². The van der Waals surface area contributed by atoms with Gasteiger partial charge < -0.3 is 29.9 Å². The average molecular weight is 516 g/mol. The maximum atomic E-state index is 12.4. The number of carbonyl (C=O) groups is 5. The summed E-state index contributed by atoms with van der Waals surface area (Å²) in [6, 6.07) is 14.1. The largest absolute Gasteiger partial charge is 0.480 e. The minimum Gasteiger partial charge on any atom is -0.480 e. The quantitative estimate of drug-likeness (QED) is 0.291. The van der Waals surface area contributed by atoms with Crippen LogP contribution in [0.25, 0.3) is 0 Å². The average Bonchev–Trinajstić information content (AvgIpc) is 2.86. The Morgan fingerprint density at radius 3 is 2.19 bits per heavy atom. The van der Waals surface area contributed by atoms with Gasteiger partial charge in [0.25, 0.3) is 0 Å². The molecule has 0 heterocycles. The summed E-state index contributed by atoms with van der Waals surface area (Å²) < 4.78 is 9.94. The molecule has 0 spiro atoms. The van der Waals surface area contributed by atoms with Crippen molar-refractivity contribution in [2.45, 2.75) is 25.5 Å². The lowest BCUT2D eigenvalue weighted by atomic mass is 10.1. The van der Waals surface area contributed by atoms with E-state index in [2.05, 4.69) is 10.6 Å². The number of carbonyl (C=O) groups excluding carboxylic acids is 3. The second-order valence-electron chi connectivity index (χ2n) is 7.93. The molecular weight excluding hydrogens is 486 g/mol. The van der Waals surface area contributed by atoms with E-state index in [4.69, 9.17) is 14.6 Å². The predicted octanol–water partition coefficient (Wildman–Crippen LogP) is 1.50. The fraction of sp³-hybridized carbons (Fsp3) is 0.320. The monoisotopic (exact) mass is 515 g/mol. The molecule has 0 saturated carbocycles. The molecule has 37 heavy (non-hydrogen) atoms. The molecule has 0 bridgehead atoms. The molecule has 12 heteroatoms. The first-order valence-electron chi connectivity index (χ1n) is 11.2. The number of hydrogen-bond acceptors (Lipinski definition) is 7. The SMILES string of the molecule is COCCC(=O)N(CC(=O)O)CC(=O)N[C@H](Cc1ccc(NC(=O)OCc2ccccc2)cc1)C(=O)O. The third-order valence-electron chi connectivity index (χ3n) is 5.02. The number of benzene rings is 2. The molecule has 0 fully saturated rings. The Morgan fingerprint density at radius 2 is 1.59 bits per heavy atom. The zero-order valence-electron chi connectivity index (χ0n) is 20.2. The topological polar surface area (TPSA) is 172 Å². The minimum atomic E-state index is -1.33. The van der Waals surface area contributed by atoms with E-state index in [1.165, 1.54) is 7.11 Å². The third kappa shape index (κ3) is 10.8. The number of anilines is 1. The molecule has 2 rings (SSSR count). The van der Waals surface area contributed by atoms with Crippen molar-refractivity contribution in [1.29, 1.82) is 0 Å². The Bertz CT molecular complexity index is 1070. The molecule has 12 nitrogen and oxygen atoms in total. The lowest BCUT2D eigenvalue weighted by Gasteiger charge is -2.22. The number of hydrogen-bond donors (Lipinski definition) is 4. The highest BCUT2D eigenvalue weighted by Gasteiger charge is 2.24. The first-order valence-corrected chi connectivity index (χ1v) is 11.2. The van der Waals surface area contributed by atoms with E-state index in [9.17, 15) is 29.1 Å². The first-order chi connectivity index (χ1) is 17.7. The van der Waals surface area contributed by atoms with Gasteiger partial charge in [-0.05, 0) is 23.3 Å². The van der Waals surface area contributed by atoms with Crippen molar-refractivity contribution in [2.75, 3.05) is 32.1 Å². The standard InChI is InChI=1S/C25H29N3O9/c1-36-12-11-22(30)28(15-23(31)32)14-21(29)27-20(24(33)34)13-17-7-9-19(10-8-17)26-25(35)37-16-18-5-3-2-4-6-18/h2-10,20H,11-16H2,1H3,(H,26,35)(H,27,29)(H,31,32)(H,33,34)/t20-/m1/s1. The normalized spacial score (nSPS) is 11.2. The fourth-order valence-electron chi connectivity index (χ4n) is 3.19. The Kier molecular flexibility index (Phi) is 11.5. The maximum absolute atomic E-state index is 12.4. The van der Waals surface area contributed by atoms with Crippen molar-refractivity contribution in [2.24, 2.45) is 0 Å². The Balaban J connectivity index is 1.91. The van der Waals surface area contributed by atoms with Crippen LogP contribution in [0.15, 0.2) is 54.6 Å². The molecule has 0 saturated heterocycles. The number of amides is 3. The molecular formula is C25H29N3O9. The van der Waals surface area contributed by atoms with Gasteiger partial charge in [-0.3, -0.25) is 19.7 Å². The van der Waals surface area contributed by atoms with Crippen LogP contribution in [-0.4, -0.2) is 77.8 Å². The van der Waals surface area contributed by atoms with Gasteiger partial charge in [0.05, 0.1) is 13.0 Å². The van der Waals surface area contributed by atoms with Gasteiger partial charge in [-0.2, -0.15) is 0 Å². The van der Waals surface area contributed by atoms with E-state index in [1.807, 2.05) is 30.3 Å². The second-order valence-corrected chi connectivity index (χ2v) is 7.93. The highest BCUT2D eigenvalue weighted by Crippen LogP contribution is 2.13. The summed E-state index contributed by atoms with van der Waals surface area (Å²) in [6.07, 6.45) is -0.867.